The minimum atomic E-state index is 0. The van der Waals surface area contributed by atoms with Crippen LogP contribution < -0.4 is 0 Å². The Kier molecular flexibility index (Phi) is 2310. The first-order valence-corrected chi connectivity index (χ1v) is 0. The summed E-state index contributed by atoms with van der Waals surface area (Å²) >= 11 is 0. The van der Waals surface area contributed by atoms with Gasteiger partial charge in [0.05, 0.1) is 0 Å². The predicted molar refractivity (Wildman–Crippen MR) is 31.3 cm³/mol. The zero-order valence-corrected chi connectivity index (χ0v) is 3.97. The topological polar surface area (TPSA) is 0 Å². The van der Waals surface area contributed by atoms with E-state index in [9.17, 15) is 0 Å². The average Bonchev–Trinajstić information content (AvgIpc) is 0. The Bertz CT molecular complexity index is 6.85. The van der Waals surface area contributed by atoms with E-state index >= 15 is 0 Å². The van der Waals surface area contributed by atoms with Gasteiger partial charge in [0.25, 0.3) is 0 Å². The van der Waals surface area contributed by atoms with Crippen molar-refractivity contribution in [2.24, 2.45) is 0 Å². The summed E-state index contributed by atoms with van der Waals surface area (Å²) in [6.45, 7) is 0. The standard InChI is InChI=1S/3CH4.H3P.V/h3*1H4;1H3;/q;;;;+2. The van der Waals surface area contributed by atoms with Gasteiger partial charge in [-0.1, -0.05) is 22.3 Å². The van der Waals surface area contributed by atoms with Crippen molar-refractivity contribution in [1.29, 1.82) is 0 Å². The minimum Gasteiger partial charge on any atom is -0.153 e. The van der Waals surface area contributed by atoms with Crippen LogP contribution in [0.2, 0.25) is 0 Å². The van der Waals surface area contributed by atoms with E-state index in [0.29, 0.717) is 0 Å². The maximum absolute atomic E-state index is 0. The van der Waals surface area contributed by atoms with E-state index in [1.54, 1.807) is 0 Å². The minimum absolute atomic E-state index is 0. The Morgan fingerprint density at radius 1 is 0.600 bits per heavy atom. The molecule has 0 bridgehead atoms. The molecule has 35 valence electrons. The molecule has 0 saturated carbocycles. The smallest absolute Gasteiger partial charge is 0.153 e. The quantitative estimate of drug-likeness (QED) is 0.443. The largest absolute Gasteiger partial charge is 2.00 e. The fourth-order valence-electron chi connectivity index (χ4n) is 0. The van der Waals surface area contributed by atoms with Gasteiger partial charge in [-0.2, -0.15) is 9.90 Å². The molecular formula is C3H15PV+2. The van der Waals surface area contributed by atoms with Crippen LogP contribution >= 0.6 is 9.90 Å². The van der Waals surface area contributed by atoms with Gasteiger partial charge in [0.2, 0.25) is 0 Å². The van der Waals surface area contributed by atoms with Gasteiger partial charge in [-0.25, -0.2) is 0 Å². The molecule has 0 aliphatic rings. The summed E-state index contributed by atoms with van der Waals surface area (Å²) in [6, 6.07) is 0. The predicted octanol–water partition coefficient (Wildman–Crippen LogP) is 1.96. The molecule has 1 radical (unpaired) electrons. The summed E-state index contributed by atoms with van der Waals surface area (Å²) < 4.78 is 0. The van der Waals surface area contributed by atoms with Crippen LogP contribution in [-0.4, -0.2) is 0 Å². The second-order valence-corrected chi connectivity index (χ2v) is 0. The fraction of sp³-hybridized carbons (Fsp3) is 1.00. The van der Waals surface area contributed by atoms with E-state index < -0.39 is 0 Å². The van der Waals surface area contributed by atoms with Crippen LogP contribution in [0.1, 0.15) is 22.3 Å². The van der Waals surface area contributed by atoms with Gasteiger partial charge in [0.15, 0.2) is 0 Å². The molecule has 0 saturated heterocycles. The third-order valence-electron chi connectivity index (χ3n) is 0. The molecule has 0 aliphatic carbocycles. The molecule has 0 amide bonds. The van der Waals surface area contributed by atoms with Gasteiger partial charge in [-0.05, 0) is 0 Å². The SMILES string of the molecule is C.C.C.P.[V+2]. The molecule has 0 heterocycles. The Morgan fingerprint density at radius 2 is 0.600 bits per heavy atom. The number of rotatable bonds is 0. The zero-order chi connectivity index (χ0) is 0. The Balaban J connectivity index is 0. The van der Waals surface area contributed by atoms with Crippen LogP contribution in [0.15, 0.2) is 0 Å². The van der Waals surface area contributed by atoms with E-state index in [1.807, 2.05) is 0 Å². The monoisotopic (exact) mass is 133 g/mol. The van der Waals surface area contributed by atoms with E-state index in [2.05, 4.69) is 0 Å². The summed E-state index contributed by atoms with van der Waals surface area (Å²) in [6.07, 6.45) is 0. The van der Waals surface area contributed by atoms with Crippen LogP contribution in [0.4, 0.5) is 0 Å². The van der Waals surface area contributed by atoms with Gasteiger partial charge in [-0.3, -0.25) is 0 Å². The van der Waals surface area contributed by atoms with Crippen molar-refractivity contribution in [1.82, 2.24) is 0 Å². The molecule has 0 N–H and O–H groups in total. The van der Waals surface area contributed by atoms with Crippen molar-refractivity contribution in [3.63, 3.8) is 0 Å². The fourth-order valence-corrected chi connectivity index (χ4v) is 0. The molecule has 0 fully saturated rings. The molecule has 0 aromatic carbocycles. The zero-order valence-electron chi connectivity index (χ0n) is 1.15. The van der Waals surface area contributed by atoms with E-state index in [-0.39, 0.29) is 50.7 Å². The summed E-state index contributed by atoms with van der Waals surface area (Å²) in [7, 11) is 0. The maximum Gasteiger partial charge on any atom is 2.00 e. The van der Waals surface area contributed by atoms with Crippen LogP contribution in [0.25, 0.3) is 0 Å². The summed E-state index contributed by atoms with van der Waals surface area (Å²) in [4.78, 5) is 0. The molecule has 5 heavy (non-hydrogen) atoms. The molecule has 0 rings (SSSR count). The van der Waals surface area contributed by atoms with Crippen LogP contribution in [0.5, 0.6) is 0 Å². The molecule has 0 nitrogen and oxygen atoms in total. The molecule has 1 atom stereocenters. The van der Waals surface area contributed by atoms with Gasteiger partial charge < -0.3 is 0 Å². The molecule has 0 aromatic rings. The maximum atomic E-state index is 0. The van der Waals surface area contributed by atoms with Gasteiger partial charge in [0, 0.05) is 0 Å². The third-order valence-corrected chi connectivity index (χ3v) is 0. The van der Waals surface area contributed by atoms with Gasteiger partial charge in [-0.15, -0.1) is 0 Å². The first-order chi connectivity index (χ1) is 0. The van der Waals surface area contributed by atoms with E-state index in [1.165, 1.54) is 0 Å². The second kappa shape index (κ2) is 78.5. The van der Waals surface area contributed by atoms with Crippen molar-refractivity contribution in [3.8, 4) is 0 Å². The molecule has 0 aromatic heterocycles. The first-order valence-electron chi connectivity index (χ1n) is 0. The Morgan fingerprint density at radius 3 is 0.600 bits per heavy atom. The van der Waals surface area contributed by atoms with Crippen LogP contribution in [0, 0.1) is 0 Å². The van der Waals surface area contributed by atoms with Crippen molar-refractivity contribution in [3.05, 3.63) is 0 Å². The first kappa shape index (κ1) is 147. The molecule has 0 spiro atoms. The van der Waals surface area contributed by atoms with E-state index in [0.717, 1.165) is 0 Å². The van der Waals surface area contributed by atoms with Gasteiger partial charge >= 0.3 is 18.6 Å². The molecule has 1 unspecified atom stereocenters. The number of hydrogen-bond acceptors (Lipinski definition) is 0. The summed E-state index contributed by atoms with van der Waals surface area (Å²) in [5.74, 6) is 0. The van der Waals surface area contributed by atoms with Crippen molar-refractivity contribution >= 4 is 9.90 Å². The second-order valence-electron chi connectivity index (χ2n) is 0. The molecular weight excluding hydrogens is 118 g/mol. The molecule has 2 heteroatoms. The Labute approximate surface area is 51.2 Å². The third kappa shape index (κ3) is 44.3. The van der Waals surface area contributed by atoms with Crippen molar-refractivity contribution < 1.29 is 18.6 Å². The number of hydrogen-bond donors (Lipinski definition) is 0. The van der Waals surface area contributed by atoms with E-state index in [4.69, 9.17) is 0 Å². The summed E-state index contributed by atoms with van der Waals surface area (Å²) in [5.41, 5.74) is 0. The van der Waals surface area contributed by atoms with Crippen molar-refractivity contribution in [2.75, 3.05) is 0 Å². The molecule has 0 aliphatic heterocycles. The Hall–Kier alpha value is 1.01. The average molecular weight is 133 g/mol. The van der Waals surface area contributed by atoms with Crippen molar-refractivity contribution in [2.45, 2.75) is 22.3 Å². The normalized spacial score (nSPS) is 0. The van der Waals surface area contributed by atoms with Crippen LogP contribution in [0.3, 0.4) is 0 Å². The van der Waals surface area contributed by atoms with Crippen LogP contribution in [-0.2, 0) is 18.6 Å². The van der Waals surface area contributed by atoms with Gasteiger partial charge in [0.1, 0.15) is 0 Å². The summed E-state index contributed by atoms with van der Waals surface area (Å²) in [5, 5.41) is 0.